The molecule has 9 nitrogen and oxygen atoms in total. The molecule has 3 aromatic rings. The van der Waals surface area contributed by atoms with Crippen LogP contribution in [0.4, 0.5) is 16.3 Å². The summed E-state index contributed by atoms with van der Waals surface area (Å²) in [5.41, 5.74) is 10.1. The zero-order valence-corrected chi connectivity index (χ0v) is 20.7. The topological polar surface area (TPSA) is 112 Å². The Bertz CT molecular complexity index is 1200. The van der Waals surface area contributed by atoms with Gasteiger partial charge in [0, 0.05) is 43.6 Å². The maximum Gasteiger partial charge on any atom is 0.321 e. The van der Waals surface area contributed by atoms with Crippen LogP contribution in [0.15, 0.2) is 36.7 Å². The number of hydrogen-bond acceptors (Lipinski definition) is 6. The molecule has 1 aliphatic carbocycles. The van der Waals surface area contributed by atoms with Gasteiger partial charge in [-0.15, -0.1) is 0 Å². The molecule has 0 unspecified atom stereocenters. The first-order valence-electron chi connectivity index (χ1n) is 13.2. The second-order valence-electron chi connectivity index (χ2n) is 10.6. The number of nitrogens with two attached hydrogens (primary N) is 1. The van der Waals surface area contributed by atoms with Gasteiger partial charge in [0.1, 0.15) is 17.8 Å². The average molecular weight is 490 g/mol. The monoisotopic (exact) mass is 489 g/mol. The summed E-state index contributed by atoms with van der Waals surface area (Å²) in [6.45, 7) is 4.72. The van der Waals surface area contributed by atoms with E-state index in [0.29, 0.717) is 24.7 Å². The molecule has 0 atom stereocenters. The third-order valence-corrected chi connectivity index (χ3v) is 8.36. The van der Waals surface area contributed by atoms with E-state index in [2.05, 4.69) is 31.2 Å². The highest BCUT2D eigenvalue weighted by molar-refractivity contribution is 5.93. The Hall–Kier alpha value is -3.17. The average Bonchev–Trinajstić information content (AvgIpc) is 3.36. The van der Waals surface area contributed by atoms with E-state index in [1.807, 2.05) is 29.2 Å². The number of carbonyl (C=O) groups excluding carboxylic acids is 1. The Labute approximate surface area is 211 Å². The van der Waals surface area contributed by atoms with Crippen molar-refractivity contribution in [1.82, 2.24) is 19.9 Å². The molecule has 6 rings (SSSR count). The van der Waals surface area contributed by atoms with E-state index in [9.17, 15) is 4.79 Å². The number of morpholine rings is 1. The number of nitrogens with one attached hydrogen (secondary N) is 2. The van der Waals surface area contributed by atoms with Crippen LogP contribution in [0.5, 0.6) is 0 Å². The van der Waals surface area contributed by atoms with Crippen LogP contribution in [0.25, 0.3) is 22.3 Å². The van der Waals surface area contributed by atoms with Crippen molar-refractivity contribution in [3.05, 3.63) is 36.7 Å². The van der Waals surface area contributed by atoms with Crippen molar-refractivity contribution >= 4 is 28.6 Å². The number of nitrogens with zero attached hydrogens (tertiary/aromatic N) is 4. The van der Waals surface area contributed by atoms with Gasteiger partial charge in [-0.1, -0.05) is 12.1 Å². The van der Waals surface area contributed by atoms with Gasteiger partial charge in [0.15, 0.2) is 0 Å². The number of hydrogen-bond donors (Lipinski definition) is 3. The molecule has 1 spiro atoms. The Morgan fingerprint density at radius 3 is 2.47 bits per heavy atom. The van der Waals surface area contributed by atoms with E-state index in [-0.39, 0.29) is 6.03 Å². The predicted molar refractivity (Wildman–Crippen MR) is 141 cm³/mol. The van der Waals surface area contributed by atoms with Crippen LogP contribution in [-0.2, 0) is 4.74 Å². The van der Waals surface area contributed by atoms with Crippen molar-refractivity contribution in [1.29, 1.82) is 0 Å². The van der Waals surface area contributed by atoms with Gasteiger partial charge in [0.25, 0.3) is 0 Å². The smallest absolute Gasteiger partial charge is 0.321 e. The second-order valence-corrected chi connectivity index (χ2v) is 10.6. The predicted octanol–water partition coefficient (Wildman–Crippen LogP) is 3.98. The summed E-state index contributed by atoms with van der Waals surface area (Å²) >= 11 is 0. The molecule has 3 aliphatic rings. The minimum atomic E-state index is -0.0128. The summed E-state index contributed by atoms with van der Waals surface area (Å²) in [5.74, 6) is 0.939. The Balaban J connectivity index is 1.10. The quantitative estimate of drug-likeness (QED) is 0.513. The molecule has 36 heavy (non-hydrogen) atoms. The number of urea groups is 1. The zero-order valence-electron chi connectivity index (χ0n) is 20.7. The number of carbonyl (C=O) groups is 1. The standard InChI is InChI=1S/C27H35N7O2/c28-20-5-7-27(8-6-20)9-11-34(12-10-27)26(35)31-21-3-1-19(2-4-21)23-17-22-24(32-23)29-18-30-25(22)33-13-15-36-16-14-33/h1-4,17-18,20H,5-16,28H2,(H,31,35)(H,29,30,32). The van der Waals surface area contributed by atoms with Gasteiger partial charge in [0.2, 0.25) is 0 Å². The lowest BCUT2D eigenvalue weighted by atomic mass is 9.67. The van der Waals surface area contributed by atoms with E-state index in [0.717, 1.165) is 85.7 Å². The highest BCUT2D eigenvalue weighted by Crippen LogP contribution is 2.44. The Morgan fingerprint density at radius 2 is 1.75 bits per heavy atom. The molecule has 1 saturated carbocycles. The van der Waals surface area contributed by atoms with E-state index in [1.54, 1.807) is 6.33 Å². The van der Waals surface area contributed by atoms with Gasteiger partial charge in [0.05, 0.1) is 18.6 Å². The first-order valence-corrected chi connectivity index (χ1v) is 13.2. The fourth-order valence-corrected chi connectivity index (χ4v) is 5.98. The third-order valence-electron chi connectivity index (χ3n) is 8.36. The molecule has 2 aliphatic heterocycles. The fourth-order valence-electron chi connectivity index (χ4n) is 5.98. The maximum absolute atomic E-state index is 12.9. The van der Waals surface area contributed by atoms with E-state index in [4.69, 9.17) is 10.5 Å². The van der Waals surface area contributed by atoms with Crippen LogP contribution in [0, 0.1) is 5.41 Å². The minimum absolute atomic E-state index is 0.0128. The molecule has 0 bridgehead atoms. The Kier molecular flexibility index (Phi) is 6.27. The number of fused-ring (bicyclic) bond motifs is 1. The molecule has 2 amide bonds. The minimum Gasteiger partial charge on any atom is -0.378 e. The molecule has 1 aromatic carbocycles. The van der Waals surface area contributed by atoms with Crippen LogP contribution in [0.2, 0.25) is 0 Å². The van der Waals surface area contributed by atoms with Gasteiger partial charge >= 0.3 is 6.03 Å². The number of likely N-dealkylation sites (tertiary alicyclic amines) is 1. The van der Waals surface area contributed by atoms with Crippen LogP contribution in [0.1, 0.15) is 38.5 Å². The number of H-pyrrole nitrogens is 1. The molecule has 2 saturated heterocycles. The zero-order chi connectivity index (χ0) is 24.5. The van der Waals surface area contributed by atoms with Gasteiger partial charge in [-0.25, -0.2) is 14.8 Å². The molecule has 190 valence electrons. The summed E-state index contributed by atoms with van der Waals surface area (Å²) in [6.07, 6.45) is 8.43. The molecule has 9 heteroatoms. The Morgan fingerprint density at radius 1 is 1.03 bits per heavy atom. The largest absolute Gasteiger partial charge is 0.378 e. The first kappa shape index (κ1) is 23.2. The number of amides is 2. The van der Waals surface area contributed by atoms with Gasteiger partial charge in [-0.05, 0) is 67.7 Å². The molecule has 4 N–H and O–H groups in total. The number of aromatic amines is 1. The number of benzene rings is 1. The molecule has 0 radical (unpaired) electrons. The van der Waals surface area contributed by atoms with Gasteiger partial charge in [-0.3, -0.25) is 0 Å². The SMILES string of the molecule is NC1CCC2(CC1)CCN(C(=O)Nc1ccc(-c3cc4c(N5CCOCC5)ncnc4[nH]3)cc1)CC2. The highest BCUT2D eigenvalue weighted by Gasteiger charge is 2.38. The molecular formula is C27H35N7O2. The summed E-state index contributed by atoms with van der Waals surface area (Å²) in [7, 11) is 0. The maximum atomic E-state index is 12.9. The van der Waals surface area contributed by atoms with Crippen molar-refractivity contribution in [2.24, 2.45) is 11.1 Å². The molecule has 4 heterocycles. The number of ether oxygens (including phenoxy) is 1. The van der Waals surface area contributed by atoms with Crippen molar-refractivity contribution in [2.75, 3.05) is 49.6 Å². The van der Waals surface area contributed by atoms with Crippen LogP contribution >= 0.6 is 0 Å². The van der Waals surface area contributed by atoms with E-state index < -0.39 is 0 Å². The van der Waals surface area contributed by atoms with E-state index in [1.165, 1.54) is 12.8 Å². The van der Waals surface area contributed by atoms with E-state index >= 15 is 0 Å². The van der Waals surface area contributed by atoms with Gasteiger partial charge in [-0.2, -0.15) is 0 Å². The van der Waals surface area contributed by atoms with Crippen molar-refractivity contribution < 1.29 is 9.53 Å². The third kappa shape index (κ3) is 4.65. The van der Waals surface area contributed by atoms with Crippen molar-refractivity contribution in [3.8, 4) is 11.3 Å². The lowest BCUT2D eigenvalue weighted by molar-refractivity contribution is 0.0792. The number of anilines is 2. The number of rotatable bonds is 3. The van der Waals surface area contributed by atoms with Crippen LogP contribution in [-0.4, -0.2) is 71.3 Å². The summed E-state index contributed by atoms with van der Waals surface area (Å²) in [5, 5.41) is 4.09. The molecule has 2 aromatic heterocycles. The summed E-state index contributed by atoms with van der Waals surface area (Å²) in [6, 6.07) is 10.4. The second kappa shape index (κ2) is 9.71. The normalized spacial score (nSPS) is 20.7. The first-order chi connectivity index (χ1) is 17.6. The summed E-state index contributed by atoms with van der Waals surface area (Å²) < 4.78 is 5.48. The number of aromatic nitrogens is 3. The van der Waals surface area contributed by atoms with Crippen LogP contribution in [0.3, 0.4) is 0 Å². The lowest BCUT2D eigenvalue weighted by Crippen LogP contribution is -2.47. The fraction of sp³-hybridized carbons (Fsp3) is 0.519. The van der Waals surface area contributed by atoms with Crippen molar-refractivity contribution in [2.45, 2.75) is 44.6 Å². The van der Waals surface area contributed by atoms with Crippen LogP contribution < -0.4 is 16.0 Å². The van der Waals surface area contributed by atoms with Crippen molar-refractivity contribution in [3.63, 3.8) is 0 Å². The summed E-state index contributed by atoms with van der Waals surface area (Å²) in [4.78, 5) is 29.5. The molecule has 3 fully saturated rings. The lowest BCUT2D eigenvalue weighted by Gasteiger charge is -2.45. The molecular weight excluding hydrogens is 454 g/mol. The number of piperidine rings is 1. The van der Waals surface area contributed by atoms with Gasteiger partial charge < -0.3 is 30.6 Å². The highest BCUT2D eigenvalue weighted by atomic mass is 16.5.